The Hall–Kier alpha value is 3.43. The molecular formula is C3Cl9Sb. The second kappa shape index (κ2) is 5.38. The van der Waals surface area contributed by atoms with Gasteiger partial charge in [0.25, 0.3) is 0 Å². The SMILES string of the molecule is Cl[C](Cl)(Cl)[Sb]([C](Cl)(Cl)Cl)[C](Cl)(Cl)Cl. The molecule has 0 aromatic carbocycles. The van der Waals surface area contributed by atoms with Crippen molar-refractivity contribution >= 4 is 125 Å². The topological polar surface area (TPSA) is 0 Å². The molecule has 0 saturated heterocycles. The molecule has 13 heavy (non-hydrogen) atoms. The van der Waals surface area contributed by atoms with E-state index < -0.39 is 25.4 Å². The van der Waals surface area contributed by atoms with Gasteiger partial charge in [0, 0.05) is 0 Å². The molecule has 80 valence electrons. The maximum absolute atomic E-state index is 5.57. The molecule has 0 aromatic rings. The van der Waals surface area contributed by atoms with Crippen LogP contribution in [-0.2, 0) is 0 Å². The molecule has 0 atom stereocenters. The van der Waals surface area contributed by atoms with Gasteiger partial charge < -0.3 is 0 Å². The van der Waals surface area contributed by atoms with E-state index in [-0.39, 0.29) is 0 Å². The van der Waals surface area contributed by atoms with E-state index in [0.717, 1.165) is 0 Å². The number of alkyl halides is 9. The fraction of sp³-hybridized carbons (Fsp3) is 1.00. The summed E-state index contributed by atoms with van der Waals surface area (Å²) in [4.78, 5) is 0. The monoisotopic (exact) mass is 472 g/mol. The molecule has 0 aliphatic rings. The van der Waals surface area contributed by atoms with E-state index in [1.54, 1.807) is 0 Å². The Morgan fingerprint density at radius 3 is 0.615 bits per heavy atom. The number of halogens is 9. The van der Waals surface area contributed by atoms with E-state index in [0.29, 0.717) is 0 Å². The fourth-order valence-electron chi connectivity index (χ4n) is 0.431. The van der Waals surface area contributed by atoms with Crippen LogP contribution in [0.1, 0.15) is 0 Å². The summed E-state index contributed by atoms with van der Waals surface area (Å²) in [5.41, 5.74) is 0. The predicted octanol–water partition coefficient (Wildman–Crippen LogP) is 5.21. The number of rotatable bonds is 0. The Balaban J connectivity index is 5.02. The third kappa shape index (κ3) is 6.06. The Kier molecular flexibility index (Phi) is 6.80. The van der Waals surface area contributed by atoms with Crippen LogP contribution >= 0.6 is 104 Å². The molecule has 0 bridgehead atoms. The van der Waals surface area contributed by atoms with Crippen LogP contribution in [0.15, 0.2) is 0 Å². The summed E-state index contributed by atoms with van der Waals surface area (Å²) in [6.45, 7) is 0. The Morgan fingerprint density at radius 2 is 0.615 bits per heavy atom. The normalized spacial score (nSPS) is 15.2. The van der Waals surface area contributed by atoms with E-state index in [1.165, 1.54) is 0 Å². The van der Waals surface area contributed by atoms with E-state index in [9.17, 15) is 0 Å². The zero-order valence-electron chi connectivity index (χ0n) is 5.35. The minimum atomic E-state index is -3.40. The predicted molar refractivity (Wildman–Crippen MR) is 66.6 cm³/mol. The maximum atomic E-state index is 5.57. The third-order valence-corrected chi connectivity index (χ3v) is 15.3. The average Bonchev–Trinajstić information content (AvgIpc) is 1.44. The Morgan fingerprint density at radius 1 is 0.462 bits per heavy atom. The molecule has 0 amide bonds. The van der Waals surface area contributed by atoms with Crippen molar-refractivity contribution in [3.63, 3.8) is 0 Å². The van der Waals surface area contributed by atoms with Crippen molar-refractivity contribution in [3.8, 4) is 0 Å². The molecule has 0 fully saturated rings. The molecule has 0 aromatic heterocycles. The summed E-state index contributed by atoms with van der Waals surface area (Å²) in [7, 11) is 0. The van der Waals surface area contributed by atoms with Crippen molar-refractivity contribution in [1.82, 2.24) is 0 Å². The van der Waals surface area contributed by atoms with Gasteiger partial charge in [0.15, 0.2) is 0 Å². The van der Waals surface area contributed by atoms with Crippen LogP contribution in [0.2, 0.25) is 0 Å². The summed E-state index contributed by atoms with van der Waals surface area (Å²) in [5, 5.41) is 0. The van der Waals surface area contributed by atoms with Gasteiger partial charge in [-0.1, -0.05) is 0 Å². The Bertz CT molecular complexity index is 137. The van der Waals surface area contributed by atoms with Gasteiger partial charge in [-0.2, -0.15) is 0 Å². The summed E-state index contributed by atoms with van der Waals surface area (Å²) < 4.78 is -5.42. The molecule has 0 nitrogen and oxygen atoms in total. The van der Waals surface area contributed by atoms with Crippen LogP contribution in [0.5, 0.6) is 0 Å². The zero-order valence-corrected chi connectivity index (χ0v) is 14.7. The molecule has 0 unspecified atom stereocenters. The average molecular weight is 477 g/mol. The molecular weight excluding hydrogens is 477 g/mol. The standard InChI is InChI=1S/3CCl3.Sb/c3*2-1(3)4;. The first kappa shape index (κ1) is 16.4. The van der Waals surface area contributed by atoms with Gasteiger partial charge in [-0.25, -0.2) is 0 Å². The van der Waals surface area contributed by atoms with Crippen molar-refractivity contribution in [1.29, 1.82) is 0 Å². The molecule has 0 rings (SSSR count). The van der Waals surface area contributed by atoms with E-state index in [4.69, 9.17) is 104 Å². The van der Waals surface area contributed by atoms with Crippen molar-refractivity contribution < 1.29 is 0 Å². The first-order valence-electron chi connectivity index (χ1n) is 2.37. The molecule has 0 radical (unpaired) electrons. The van der Waals surface area contributed by atoms with Crippen LogP contribution in [0.4, 0.5) is 0 Å². The van der Waals surface area contributed by atoms with Crippen LogP contribution in [0, 0.1) is 0 Å². The fourth-order valence-corrected chi connectivity index (χ4v) is 26.0. The molecule has 10 heteroatoms. The van der Waals surface area contributed by atoms with Crippen molar-refractivity contribution in [2.24, 2.45) is 0 Å². The molecule has 0 aliphatic heterocycles. The van der Waals surface area contributed by atoms with Crippen molar-refractivity contribution in [2.75, 3.05) is 0 Å². The molecule has 0 heterocycles. The van der Waals surface area contributed by atoms with Crippen LogP contribution in [0.25, 0.3) is 0 Å². The van der Waals surface area contributed by atoms with Gasteiger partial charge in [0.05, 0.1) is 0 Å². The molecule has 0 saturated carbocycles. The molecule has 0 N–H and O–H groups in total. The number of hydrogen-bond donors (Lipinski definition) is 0. The second-order valence-corrected chi connectivity index (χ2v) is 23.3. The van der Waals surface area contributed by atoms with Crippen molar-refractivity contribution in [2.45, 2.75) is 5.22 Å². The van der Waals surface area contributed by atoms with Gasteiger partial charge in [-0.15, -0.1) is 0 Å². The van der Waals surface area contributed by atoms with Gasteiger partial charge in [-0.3, -0.25) is 0 Å². The van der Waals surface area contributed by atoms with Gasteiger partial charge in [0.1, 0.15) is 0 Å². The Labute approximate surface area is 128 Å². The van der Waals surface area contributed by atoms with E-state index in [1.807, 2.05) is 0 Å². The quantitative estimate of drug-likeness (QED) is 0.333. The van der Waals surface area contributed by atoms with Gasteiger partial charge in [-0.05, 0) is 0 Å². The zero-order chi connectivity index (χ0) is 11.1. The summed E-state index contributed by atoms with van der Waals surface area (Å²) in [5.74, 6) is 0. The van der Waals surface area contributed by atoms with Crippen molar-refractivity contribution in [3.05, 3.63) is 0 Å². The van der Waals surface area contributed by atoms with Gasteiger partial charge in [0.2, 0.25) is 0 Å². The van der Waals surface area contributed by atoms with Gasteiger partial charge >= 0.3 is 130 Å². The minimum absolute atomic E-state index is 1.81. The number of hydrogen-bond acceptors (Lipinski definition) is 0. The molecule has 0 aliphatic carbocycles. The van der Waals surface area contributed by atoms with Crippen LogP contribution in [0.3, 0.4) is 0 Å². The summed E-state index contributed by atoms with van der Waals surface area (Å²) in [6, 6.07) is 0. The second-order valence-electron chi connectivity index (χ2n) is 1.74. The molecule has 0 spiro atoms. The third-order valence-electron chi connectivity index (χ3n) is 0.761. The first-order valence-corrected chi connectivity index (χ1v) is 9.60. The summed E-state index contributed by atoms with van der Waals surface area (Å²) in [6.07, 6.45) is 0. The van der Waals surface area contributed by atoms with Crippen LogP contribution in [-0.4, -0.2) is 25.4 Å². The first-order chi connectivity index (χ1) is 5.37. The van der Waals surface area contributed by atoms with E-state index in [2.05, 4.69) is 0 Å². The summed E-state index contributed by atoms with van der Waals surface area (Å²) >= 11 is 46.8. The van der Waals surface area contributed by atoms with Crippen LogP contribution < -0.4 is 0 Å². The van der Waals surface area contributed by atoms with E-state index >= 15 is 0 Å².